The molecule has 1 saturated carbocycles. The van der Waals surface area contributed by atoms with Crippen LogP contribution in [0.15, 0.2) is 24.3 Å². The molecule has 0 heterocycles. The molecule has 1 aliphatic carbocycles. The Bertz CT molecular complexity index is 547. The molecule has 0 aromatic heterocycles. The summed E-state index contributed by atoms with van der Waals surface area (Å²) in [5.74, 6) is -0.185. The molecule has 22 heavy (non-hydrogen) atoms. The quantitative estimate of drug-likeness (QED) is 0.804. The van der Waals surface area contributed by atoms with Gasteiger partial charge in [0.2, 0.25) is 5.91 Å². The van der Waals surface area contributed by atoms with Gasteiger partial charge >= 0.3 is 5.97 Å². The number of amides is 1. The molecule has 4 heteroatoms. The maximum absolute atomic E-state index is 12.6. The Balaban J connectivity index is 2.02. The van der Waals surface area contributed by atoms with Crippen molar-refractivity contribution in [1.29, 1.82) is 0 Å². The van der Waals surface area contributed by atoms with Crippen molar-refractivity contribution in [2.45, 2.75) is 52.4 Å². The predicted octanol–water partition coefficient (Wildman–Crippen LogP) is 3.86. The highest BCUT2D eigenvalue weighted by Crippen LogP contribution is 2.46. The van der Waals surface area contributed by atoms with Crippen LogP contribution in [0.5, 0.6) is 0 Å². The van der Waals surface area contributed by atoms with E-state index < -0.39 is 5.97 Å². The summed E-state index contributed by atoms with van der Waals surface area (Å²) < 4.78 is 0. The number of rotatable bonds is 7. The van der Waals surface area contributed by atoms with Gasteiger partial charge in [-0.2, -0.15) is 0 Å². The molecule has 120 valence electrons. The van der Waals surface area contributed by atoms with Crippen LogP contribution in [0.3, 0.4) is 0 Å². The number of anilines is 1. The van der Waals surface area contributed by atoms with E-state index in [1.54, 1.807) is 0 Å². The monoisotopic (exact) mass is 303 g/mol. The number of carbonyl (C=O) groups is 2. The molecular weight excluding hydrogens is 278 g/mol. The van der Waals surface area contributed by atoms with E-state index in [1.165, 1.54) is 0 Å². The van der Waals surface area contributed by atoms with Gasteiger partial charge in [-0.1, -0.05) is 32.4 Å². The molecule has 0 bridgehead atoms. The van der Waals surface area contributed by atoms with E-state index in [4.69, 9.17) is 5.11 Å². The summed E-state index contributed by atoms with van der Waals surface area (Å²) in [4.78, 5) is 23.3. The number of aliphatic carboxylic acids is 1. The van der Waals surface area contributed by atoms with E-state index in [0.717, 1.165) is 36.9 Å². The molecule has 2 rings (SSSR count). The van der Waals surface area contributed by atoms with Gasteiger partial charge in [0, 0.05) is 17.5 Å². The predicted molar refractivity (Wildman–Crippen MR) is 86.8 cm³/mol. The second-order valence-corrected chi connectivity index (χ2v) is 6.78. The lowest BCUT2D eigenvalue weighted by atomic mass is 9.64. The number of nitrogens with one attached hydrogen (secondary N) is 1. The molecule has 1 aromatic rings. The van der Waals surface area contributed by atoms with Crippen LogP contribution in [0.2, 0.25) is 0 Å². The highest BCUT2D eigenvalue weighted by molar-refractivity contribution is 5.96. The van der Waals surface area contributed by atoms with Crippen LogP contribution in [0, 0.1) is 11.3 Å². The average Bonchev–Trinajstić information content (AvgIpc) is 2.40. The smallest absolute Gasteiger partial charge is 0.303 e. The van der Waals surface area contributed by atoms with Crippen LogP contribution in [0.25, 0.3) is 0 Å². The summed E-state index contributed by atoms with van der Waals surface area (Å²) in [5, 5.41) is 11.8. The van der Waals surface area contributed by atoms with Crippen LogP contribution < -0.4 is 5.32 Å². The van der Waals surface area contributed by atoms with Crippen molar-refractivity contribution in [2.24, 2.45) is 11.3 Å². The molecule has 0 atom stereocenters. The largest absolute Gasteiger partial charge is 0.481 e. The highest BCUT2D eigenvalue weighted by Gasteiger charge is 2.44. The van der Waals surface area contributed by atoms with E-state index in [-0.39, 0.29) is 17.7 Å². The summed E-state index contributed by atoms with van der Waals surface area (Å²) in [7, 11) is 0. The minimum atomic E-state index is -0.806. The van der Waals surface area contributed by atoms with E-state index in [1.807, 2.05) is 24.3 Å². The number of carboxylic acid groups (broad SMARTS) is 1. The van der Waals surface area contributed by atoms with Crippen molar-refractivity contribution in [3.05, 3.63) is 29.8 Å². The third kappa shape index (κ3) is 4.09. The lowest BCUT2D eigenvalue weighted by molar-refractivity contribution is -0.137. The molecule has 2 N–H and O–H groups in total. The second kappa shape index (κ2) is 6.95. The molecule has 1 fully saturated rings. The standard InChI is InChI=1S/C18H25NO3/c1-13(2)12-18(9-4-10-18)17(22)19-15-6-3-5-14(11-15)7-8-16(20)21/h3,5-6,11,13H,4,7-10,12H2,1-2H3,(H,19,22)(H,20,21). The summed E-state index contributed by atoms with van der Waals surface area (Å²) in [6.07, 6.45) is 4.58. The average molecular weight is 303 g/mol. The first-order valence-electron chi connectivity index (χ1n) is 8.03. The van der Waals surface area contributed by atoms with E-state index in [9.17, 15) is 9.59 Å². The lowest BCUT2D eigenvalue weighted by Gasteiger charge is -2.41. The zero-order chi connectivity index (χ0) is 16.2. The summed E-state index contributed by atoms with van der Waals surface area (Å²) in [6.45, 7) is 4.31. The minimum Gasteiger partial charge on any atom is -0.481 e. The molecule has 0 saturated heterocycles. The first kappa shape index (κ1) is 16.5. The number of hydrogen-bond acceptors (Lipinski definition) is 2. The van der Waals surface area contributed by atoms with Crippen molar-refractivity contribution in [3.63, 3.8) is 0 Å². The van der Waals surface area contributed by atoms with Crippen LogP contribution >= 0.6 is 0 Å². The Hall–Kier alpha value is -1.84. The van der Waals surface area contributed by atoms with Gasteiger partial charge in [-0.05, 0) is 49.3 Å². The Morgan fingerprint density at radius 3 is 2.59 bits per heavy atom. The topological polar surface area (TPSA) is 66.4 Å². The van der Waals surface area contributed by atoms with Crippen molar-refractivity contribution in [2.75, 3.05) is 5.32 Å². The second-order valence-electron chi connectivity index (χ2n) is 6.78. The van der Waals surface area contributed by atoms with Crippen molar-refractivity contribution in [3.8, 4) is 0 Å². The lowest BCUT2D eigenvalue weighted by Crippen LogP contribution is -2.42. The molecule has 1 aromatic carbocycles. The molecule has 1 amide bonds. The maximum atomic E-state index is 12.6. The molecule has 0 aliphatic heterocycles. The van der Waals surface area contributed by atoms with Crippen LogP contribution in [-0.4, -0.2) is 17.0 Å². The van der Waals surface area contributed by atoms with Gasteiger partial charge in [0.15, 0.2) is 0 Å². The highest BCUT2D eigenvalue weighted by atomic mass is 16.4. The molecule has 0 radical (unpaired) electrons. The Morgan fingerprint density at radius 1 is 1.32 bits per heavy atom. The molecule has 0 unspecified atom stereocenters. The van der Waals surface area contributed by atoms with Crippen molar-refractivity contribution < 1.29 is 14.7 Å². The third-order valence-electron chi connectivity index (χ3n) is 4.40. The van der Waals surface area contributed by atoms with Gasteiger partial charge in [-0.15, -0.1) is 0 Å². The van der Waals surface area contributed by atoms with Crippen molar-refractivity contribution in [1.82, 2.24) is 0 Å². The number of carboxylic acids is 1. The summed E-state index contributed by atoms with van der Waals surface area (Å²) >= 11 is 0. The van der Waals surface area contributed by atoms with Gasteiger partial charge in [0.1, 0.15) is 0 Å². The third-order valence-corrected chi connectivity index (χ3v) is 4.40. The number of aryl methyl sites for hydroxylation is 1. The number of benzene rings is 1. The van der Waals surface area contributed by atoms with Crippen LogP contribution in [-0.2, 0) is 16.0 Å². The van der Waals surface area contributed by atoms with E-state index >= 15 is 0 Å². The Labute approximate surface area is 131 Å². The van der Waals surface area contributed by atoms with E-state index in [2.05, 4.69) is 19.2 Å². The Morgan fingerprint density at radius 2 is 2.05 bits per heavy atom. The van der Waals surface area contributed by atoms with Gasteiger partial charge in [-0.3, -0.25) is 9.59 Å². The SMILES string of the molecule is CC(C)CC1(C(=O)Nc2cccc(CCC(=O)O)c2)CCC1. The maximum Gasteiger partial charge on any atom is 0.303 e. The first-order chi connectivity index (χ1) is 10.4. The fourth-order valence-electron chi connectivity index (χ4n) is 3.23. The van der Waals surface area contributed by atoms with Crippen molar-refractivity contribution >= 4 is 17.6 Å². The van der Waals surface area contributed by atoms with Gasteiger partial charge in [0.25, 0.3) is 0 Å². The van der Waals surface area contributed by atoms with Gasteiger partial charge in [0.05, 0.1) is 0 Å². The van der Waals surface area contributed by atoms with Crippen LogP contribution in [0.1, 0.15) is 51.5 Å². The van der Waals surface area contributed by atoms with E-state index in [0.29, 0.717) is 12.3 Å². The molecule has 1 aliphatic rings. The fraction of sp³-hybridized carbons (Fsp3) is 0.556. The Kier molecular flexibility index (Phi) is 5.22. The fourth-order valence-corrected chi connectivity index (χ4v) is 3.23. The normalized spacial score (nSPS) is 16.1. The summed E-state index contributed by atoms with van der Waals surface area (Å²) in [6, 6.07) is 7.50. The van der Waals surface area contributed by atoms with Gasteiger partial charge < -0.3 is 10.4 Å². The molecular formula is C18H25NO3. The van der Waals surface area contributed by atoms with Gasteiger partial charge in [-0.25, -0.2) is 0 Å². The number of hydrogen-bond donors (Lipinski definition) is 2. The first-order valence-corrected chi connectivity index (χ1v) is 8.03. The van der Waals surface area contributed by atoms with Crippen LogP contribution in [0.4, 0.5) is 5.69 Å². The number of carbonyl (C=O) groups excluding carboxylic acids is 1. The zero-order valence-corrected chi connectivity index (χ0v) is 13.4. The zero-order valence-electron chi connectivity index (χ0n) is 13.4. The minimum absolute atomic E-state index is 0.106. The molecule has 4 nitrogen and oxygen atoms in total. The summed E-state index contributed by atoms with van der Waals surface area (Å²) in [5.41, 5.74) is 1.50. The molecule has 0 spiro atoms.